The fourth-order valence-electron chi connectivity index (χ4n) is 0.829. The highest BCUT2D eigenvalue weighted by molar-refractivity contribution is 6.07. The lowest BCUT2D eigenvalue weighted by Gasteiger charge is -1.94. The Labute approximate surface area is 74.0 Å². The summed E-state index contributed by atoms with van der Waals surface area (Å²) in [4.78, 5) is 21.2. The van der Waals surface area contributed by atoms with Crippen LogP contribution in [0.3, 0.4) is 0 Å². The van der Waals surface area contributed by atoms with E-state index in [4.69, 9.17) is 10.4 Å². The molecule has 0 saturated heterocycles. The van der Waals surface area contributed by atoms with Crippen molar-refractivity contribution in [1.29, 1.82) is 5.26 Å². The lowest BCUT2D eigenvalue weighted by Crippen LogP contribution is -1.98. The number of carbonyl (C=O) groups is 2. The van der Waals surface area contributed by atoms with E-state index in [1.54, 1.807) is 0 Å². The number of aromatic carboxylic acids is 1. The summed E-state index contributed by atoms with van der Waals surface area (Å²) in [5, 5.41) is 16.8. The summed E-state index contributed by atoms with van der Waals surface area (Å²) >= 11 is 0. The van der Waals surface area contributed by atoms with Crippen LogP contribution < -0.4 is 0 Å². The molecule has 0 spiro atoms. The predicted molar refractivity (Wildman–Crippen MR) is 43.3 cm³/mol. The lowest BCUT2D eigenvalue weighted by molar-refractivity contribution is 0.0696. The first-order chi connectivity index (χ1) is 6.15. The van der Waals surface area contributed by atoms with E-state index in [0.717, 1.165) is 0 Å². The molecule has 0 aromatic heterocycles. The van der Waals surface area contributed by atoms with Gasteiger partial charge in [-0.25, -0.2) is 4.79 Å². The van der Waals surface area contributed by atoms with Gasteiger partial charge in [0.2, 0.25) is 0 Å². The molecule has 0 saturated carbocycles. The van der Waals surface area contributed by atoms with Gasteiger partial charge < -0.3 is 5.11 Å². The molecule has 0 aliphatic rings. The van der Waals surface area contributed by atoms with Gasteiger partial charge in [0.25, 0.3) is 5.78 Å². The fourth-order valence-corrected chi connectivity index (χ4v) is 0.829. The number of nitrogens with zero attached hydrogens (tertiary/aromatic N) is 1. The van der Waals surface area contributed by atoms with Crippen LogP contribution in [0.2, 0.25) is 0 Å². The Morgan fingerprint density at radius 1 is 1.15 bits per heavy atom. The maximum atomic E-state index is 10.8. The number of benzene rings is 1. The largest absolute Gasteiger partial charge is 0.478 e. The first kappa shape index (κ1) is 8.94. The van der Waals surface area contributed by atoms with Gasteiger partial charge in [-0.2, -0.15) is 5.26 Å². The fraction of sp³-hybridized carbons (Fsp3) is 0. The van der Waals surface area contributed by atoms with Crippen LogP contribution in [0.4, 0.5) is 0 Å². The van der Waals surface area contributed by atoms with Gasteiger partial charge in [-0.1, -0.05) is 0 Å². The molecule has 0 aliphatic heterocycles. The minimum atomic E-state index is -1.06. The van der Waals surface area contributed by atoms with Crippen LogP contribution in [-0.4, -0.2) is 16.9 Å². The molecule has 0 amide bonds. The Morgan fingerprint density at radius 3 is 2.00 bits per heavy atom. The van der Waals surface area contributed by atoms with E-state index in [0.29, 0.717) is 0 Å². The van der Waals surface area contributed by atoms with Gasteiger partial charge in [0, 0.05) is 5.56 Å². The number of Topliss-reactive ketones (excluding diaryl/α,β-unsaturated/α-hetero) is 1. The van der Waals surface area contributed by atoms with Crippen molar-refractivity contribution in [2.45, 2.75) is 0 Å². The van der Waals surface area contributed by atoms with Crippen molar-refractivity contribution in [1.82, 2.24) is 0 Å². The molecule has 4 nitrogen and oxygen atoms in total. The maximum absolute atomic E-state index is 10.8. The van der Waals surface area contributed by atoms with Crippen molar-refractivity contribution in [2.24, 2.45) is 0 Å². The molecule has 0 bridgehead atoms. The summed E-state index contributed by atoms with van der Waals surface area (Å²) in [5.74, 6) is -1.73. The van der Waals surface area contributed by atoms with Crippen LogP contribution in [0, 0.1) is 11.3 Å². The third kappa shape index (κ3) is 1.91. The van der Waals surface area contributed by atoms with Gasteiger partial charge in [0.1, 0.15) is 6.07 Å². The molecule has 1 aromatic carbocycles. The summed E-state index contributed by atoms with van der Waals surface area (Å²) in [7, 11) is 0. The second kappa shape index (κ2) is 3.50. The summed E-state index contributed by atoms with van der Waals surface area (Å²) in [6.45, 7) is 0. The Hall–Kier alpha value is -2.15. The van der Waals surface area contributed by atoms with Crippen molar-refractivity contribution in [2.75, 3.05) is 0 Å². The number of carbonyl (C=O) groups excluding carboxylic acids is 1. The van der Waals surface area contributed by atoms with Crippen LogP contribution in [0.25, 0.3) is 0 Å². The van der Waals surface area contributed by atoms with Crippen LogP contribution in [0.15, 0.2) is 24.3 Å². The molecule has 4 heteroatoms. The number of nitriles is 1. The third-order valence-corrected chi connectivity index (χ3v) is 1.50. The number of rotatable bonds is 2. The number of hydrogen-bond acceptors (Lipinski definition) is 3. The molecule has 1 aromatic rings. The second-order valence-corrected chi connectivity index (χ2v) is 2.32. The van der Waals surface area contributed by atoms with Gasteiger partial charge in [0.15, 0.2) is 0 Å². The van der Waals surface area contributed by atoms with E-state index < -0.39 is 11.8 Å². The van der Waals surface area contributed by atoms with Crippen molar-refractivity contribution in [3.05, 3.63) is 35.4 Å². The van der Waals surface area contributed by atoms with Gasteiger partial charge in [-0.3, -0.25) is 4.79 Å². The SMILES string of the molecule is N#CC(=O)c1ccc(C(=O)O)cc1. The van der Waals surface area contributed by atoms with Gasteiger partial charge in [0.05, 0.1) is 5.56 Å². The van der Waals surface area contributed by atoms with E-state index in [9.17, 15) is 9.59 Å². The molecule has 0 aliphatic carbocycles. The molecule has 0 radical (unpaired) electrons. The Morgan fingerprint density at radius 2 is 1.62 bits per heavy atom. The van der Waals surface area contributed by atoms with E-state index in [1.807, 2.05) is 0 Å². The molecule has 0 fully saturated rings. The highest BCUT2D eigenvalue weighted by atomic mass is 16.4. The monoisotopic (exact) mass is 175 g/mol. The van der Waals surface area contributed by atoms with Gasteiger partial charge >= 0.3 is 5.97 Å². The third-order valence-electron chi connectivity index (χ3n) is 1.50. The van der Waals surface area contributed by atoms with Crippen LogP contribution in [-0.2, 0) is 0 Å². The highest BCUT2D eigenvalue weighted by Gasteiger charge is 2.05. The minimum absolute atomic E-state index is 0.0921. The molecular formula is C9H5NO3. The normalized spacial score (nSPS) is 8.85. The van der Waals surface area contributed by atoms with Crippen LogP contribution in [0.5, 0.6) is 0 Å². The zero-order chi connectivity index (χ0) is 9.84. The summed E-state index contributed by atoms with van der Waals surface area (Å²) in [6.07, 6.45) is 0. The smallest absolute Gasteiger partial charge is 0.335 e. The highest BCUT2D eigenvalue weighted by Crippen LogP contribution is 2.04. The molecule has 1 rings (SSSR count). The number of hydrogen-bond donors (Lipinski definition) is 1. The van der Waals surface area contributed by atoms with Crippen molar-refractivity contribution in [3.8, 4) is 6.07 Å². The molecule has 0 unspecified atom stereocenters. The molecular weight excluding hydrogens is 170 g/mol. The standard InChI is InChI=1S/C9H5NO3/c10-5-8(11)6-1-3-7(4-2-6)9(12)13/h1-4H,(H,12,13). The molecule has 13 heavy (non-hydrogen) atoms. The molecule has 64 valence electrons. The van der Waals surface area contributed by atoms with Crippen molar-refractivity contribution >= 4 is 11.8 Å². The minimum Gasteiger partial charge on any atom is -0.478 e. The van der Waals surface area contributed by atoms with Crippen LogP contribution in [0.1, 0.15) is 20.7 Å². The van der Waals surface area contributed by atoms with E-state index in [2.05, 4.69) is 0 Å². The van der Waals surface area contributed by atoms with Gasteiger partial charge in [-0.05, 0) is 24.3 Å². The first-order valence-electron chi connectivity index (χ1n) is 3.43. The summed E-state index contributed by atoms with van der Waals surface area (Å²) < 4.78 is 0. The lowest BCUT2D eigenvalue weighted by atomic mass is 10.1. The zero-order valence-electron chi connectivity index (χ0n) is 6.52. The molecule has 0 atom stereocenters. The Bertz CT molecular complexity index is 386. The zero-order valence-corrected chi connectivity index (χ0v) is 6.52. The molecule has 1 N–H and O–H groups in total. The number of carboxylic acids is 1. The van der Waals surface area contributed by atoms with E-state index >= 15 is 0 Å². The second-order valence-electron chi connectivity index (χ2n) is 2.32. The van der Waals surface area contributed by atoms with E-state index in [1.165, 1.54) is 30.3 Å². The summed E-state index contributed by atoms with van der Waals surface area (Å²) in [6, 6.07) is 6.64. The quantitative estimate of drug-likeness (QED) is 0.539. The first-order valence-corrected chi connectivity index (χ1v) is 3.43. The Kier molecular flexibility index (Phi) is 2.41. The molecule has 0 heterocycles. The average Bonchev–Trinajstić information content (AvgIpc) is 2.17. The predicted octanol–water partition coefficient (Wildman–Crippen LogP) is 1.09. The summed E-state index contributed by atoms with van der Waals surface area (Å²) in [5.41, 5.74) is 0.294. The number of carboxylic acid groups (broad SMARTS) is 1. The van der Waals surface area contributed by atoms with Gasteiger partial charge in [-0.15, -0.1) is 0 Å². The van der Waals surface area contributed by atoms with Crippen LogP contribution >= 0.6 is 0 Å². The number of ketones is 1. The van der Waals surface area contributed by atoms with Crippen molar-refractivity contribution in [3.63, 3.8) is 0 Å². The topological polar surface area (TPSA) is 78.2 Å². The Balaban J connectivity index is 3.02. The average molecular weight is 175 g/mol. The van der Waals surface area contributed by atoms with Crippen molar-refractivity contribution < 1.29 is 14.7 Å². The van der Waals surface area contributed by atoms with E-state index in [-0.39, 0.29) is 11.1 Å². The maximum Gasteiger partial charge on any atom is 0.335 e.